The minimum absolute atomic E-state index is 0.0284. The van der Waals surface area contributed by atoms with Gasteiger partial charge in [-0.1, -0.05) is 33.3 Å². The van der Waals surface area contributed by atoms with Crippen LogP contribution in [0.25, 0.3) is 0 Å². The Morgan fingerprint density at radius 1 is 0.905 bits per heavy atom. The fourth-order valence-electron chi connectivity index (χ4n) is 4.55. The first kappa shape index (κ1) is 35.1. The van der Waals surface area contributed by atoms with Crippen molar-refractivity contribution in [2.45, 2.75) is 125 Å². The first-order valence-electron chi connectivity index (χ1n) is 15.0. The van der Waals surface area contributed by atoms with Crippen molar-refractivity contribution in [3.8, 4) is 11.5 Å². The van der Waals surface area contributed by atoms with Gasteiger partial charge in [0.1, 0.15) is 18.2 Å². The van der Waals surface area contributed by atoms with Crippen molar-refractivity contribution in [1.82, 2.24) is 0 Å². The molecule has 0 aliphatic heterocycles. The van der Waals surface area contributed by atoms with Crippen LogP contribution in [0.2, 0.25) is 0 Å². The van der Waals surface area contributed by atoms with Crippen LogP contribution in [0.1, 0.15) is 112 Å². The quantitative estimate of drug-likeness (QED) is 0.195. The number of carbonyl (C=O) groups excluding carboxylic acids is 3. The monoisotopic (exact) mass is 591 g/mol. The molecule has 1 aliphatic rings. The van der Waals surface area contributed by atoms with E-state index >= 15 is 0 Å². The van der Waals surface area contributed by atoms with Gasteiger partial charge in [0.2, 0.25) is 0 Å². The molecule has 0 aromatic heterocycles. The van der Waals surface area contributed by atoms with Crippen LogP contribution in [0.5, 0.6) is 11.5 Å². The molecule has 0 spiro atoms. The summed E-state index contributed by atoms with van der Waals surface area (Å²) in [5, 5.41) is 9.87. The van der Waals surface area contributed by atoms with Crippen LogP contribution in [0.3, 0.4) is 0 Å². The van der Waals surface area contributed by atoms with Crippen molar-refractivity contribution in [3.05, 3.63) is 23.8 Å². The Kier molecular flexibility index (Phi) is 12.4. The maximum Gasteiger partial charge on any atom is 0.508 e. The molecule has 10 nitrogen and oxygen atoms in total. The Morgan fingerprint density at radius 3 is 1.93 bits per heavy atom. The van der Waals surface area contributed by atoms with E-state index in [1.165, 1.54) is 12.1 Å². The molecule has 0 heterocycles. The average Bonchev–Trinajstić information content (AvgIpc) is 2.94. The fourth-order valence-corrected chi connectivity index (χ4v) is 4.55. The van der Waals surface area contributed by atoms with Crippen LogP contribution in [0.15, 0.2) is 18.2 Å². The van der Waals surface area contributed by atoms with Gasteiger partial charge in [0, 0.05) is 11.8 Å². The maximum atomic E-state index is 13.1. The van der Waals surface area contributed by atoms with Crippen LogP contribution in [-0.4, -0.2) is 47.4 Å². The van der Waals surface area contributed by atoms with Gasteiger partial charge >= 0.3 is 24.1 Å². The van der Waals surface area contributed by atoms with Crippen LogP contribution >= 0.6 is 0 Å². The van der Waals surface area contributed by atoms with E-state index in [2.05, 4.69) is 0 Å². The first-order valence-corrected chi connectivity index (χ1v) is 15.0. The van der Waals surface area contributed by atoms with E-state index in [0.29, 0.717) is 18.4 Å². The summed E-state index contributed by atoms with van der Waals surface area (Å²) in [5.41, 5.74) is 4.98. The van der Waals surface area contributed by atoms with Crippen molar-refractivity contribution in [3.63, 3.8) is 0 Å². The van der Waals surface area contributed by atoms with Gasteiger partial charge in [0.15, 0.2) is 11.5 Å². The Labute approximate surface area is 249 Å². The molecule has 1 aliphatic carbocycles. The van der Waals surface area contributed by atoms with Gasteiger partial charge < -0.3 is 29.8 Å². The smallest absolute Gasteiger partial charge is 0.480 e. The third kappa shape index (κ3) is 9.18. The molecule has 4 atom stereocenters. The molecule has 1 fully saturated rings. The van der Waals surface area contributed by atoms with Crippen molar-refractivity contribution in [2.24, 2.45) is 22.5 Å². The lowest BCUT2D eigenvalue weighted by Crippen LogP contribution is -2.43. The summed E-state index contributed by atoms with van der Waals surface area (Å²) < 4.78 is 22.5. The zero-order valence-electron chi connectivity index (χ0n) is 26.4. The number of rotatable bonds is 13. The first-order chi connectivity index (χ1) is 19.5. The summed E-state index contributed by atoms with van der Waals surface area (Å²) in [6.45, 7) is 14.1. The largest absolute Gasteiger partial charge is 0.508 e. The molecule has 10 heteroatoms. The molecule has 0 bridgehead atoms. The Bertz CT molecular complexity index is 1110. The third-order valence-corrected chi connectivity index (χ3v) is 8.71. The highest BCUT2D eigenvalue weighted by Crippen LogP contribution is 2.39. The van der Waals surface area contributed by atoms with Gasteiger partial charge in [-0.05, 0) is 90.8 Å². The molecule has 42 heavy (non-hydrogen) atoms. The molecule has 0 saturated heterocycles. The topological polar surface area (TPSA) is 151 Å². The second-order valence-electron chi connectivity index (χ2n) is 12.7. The number of hydrogen-bond acceptors (Lipinski definition) is 9. The SMILES string of the molecule is CCC(C)(C)C(=O)Oc1ccc(C(C(C)C(C)OC(=O)OC2CCCCC2)[C@H](N)C(=O)O)cc1OC(=O)C(C)(C)CC. The molecule has 1 aromatic carbocycles. The number of carbonyl (C=O) groups is 4. The van der Waals surface area contributed by atoms with Crippen molar-refractivity contribution in [1.29, 1.82) is 0 Å². The highest BCUT2D eigenvalue weighted by Gasteiger charge is 2.37. The zero-order chi connectivity index (χ0) is 31.8. The molecule has 0 amide bonds. The Morgan fingerprint density at radius 2 is 1.43 bits per heavy atom. The summed E-state index contributed by atoms with van der Waals surface area (Å²) >= 11 is 0. The number of esters is 2. The van der Waals surface area contributed by atoms with E-state index in [1.807, 2.05) is 13.8 Å². The number of aliphatic carboxylic acids is 1. The Hall–Kier alpha value is -3.14. The van der Waals surface area contributed by atoms with Crippen LogP contribution in [-0.2, 0) is 23.9 Å². The lowest BCUT2D eigenvalue weighted by atomic mass is 9.79. The second-order valence-corrected chi connectivity index (χ2v) is 12.7. The number of benzene rings is 1. The van der Waals surface area contributed by atoms with E-state index in [1.54, 1.807) is 47.6 Å². The van der Waals surface area contributed by atoms with E-state index in [0.717, 1.165) is 32.1 Å². The number of nitrogens with two attached hydrogens (primary N) is 1. The van der Waals surface area contributed by atoms with Gasteiger partial charge in [-0.2, -0.15) is 0 Å². The van der Waals surface area contributed by atoms with Gasteiger partial charge in [0.25, 0.3) is 0 Å². The zero-order valence-corrected chi connectivity index (χ0v) is 26.4. The number of ether oxygens (including phenoxy) is 4. The molecule has 3 N–H and O–H groups in total. The molecule has 1 saturated carbocycles. The lowest BCUT2D eigenvalue weighted by molar-refractivity contribution is -0.147. The number of carboxylic acids is 1. The molecule has 0 radical (unpaired) electrons. The normalized spacial score (nSPS) is 17.4. The van der Waals surface area contributed by atoms with E-state index < -0.39 is 58.9 Å². The van der Waals surface area contributed by atoms with E-state index in [9.17, 15) is 24.3 Å². The molecule has 3 unspecified atom stereocenters. The highest BCUT2D eigenvalue weighted by atomic mass is 16.7. The van der Waals surface area contributed by atoms with Gasteiger partial charge in [-0.3, -0.25) is 14.4 Å². The summed E-state index contributed by atoms with van der Waals surface area (Å²) in [4.78, 5) is 50.6. The second kappa shape index (κ2) is 14.8. The fraction of sp³-hybridized carbons (Fsp3) is 0.688. The van der Waals surface area contributed by atoms with Gasteiger partial charge in [-0.15, -0.1) is 0 Å². The molecular weight excluding hydrogens is 542 g/mol. The van der Waals surface area contributed by atoms with E-state index in [-0.39, 0.29) is 17.6 Å². The van der Waals surface area contributed by atoms with Crippen molar-refractivity contribution in [2.75, 3.05) is 0 Å². The standard InChI is InChI=1S/C32H49NO9/c1-9-31(5,6)28(36)41-23-17-16-21(18-24(23)42-29(37)32(7,8)10-2)25(26(33)27(34)35)19(3)20(4)39-30(38)40-22-14-12-11-13-15-22/h16-20,22,25-26H,9-15,33H2,1-8H3,(H,34,35)/t19?,20?,25?,26-/m0/s1. The number of carboxylic acid groups (broad SMARTS) is 1. The highest BCUT2D eigenvalue weighted by molar-refractivity contribution is 5.82. The predicted molar refractivity (Wildman–Crippen MR) is 157 cm³/mol. The van der Waals surface area contributed by atoms with E-state index in [4.69, 9.17) is 24.7 Å². The maximum absolute atomic E-state index is 13.1. The summed E-state index contributed by atoms with van der Waals surface area (Å²) in [7, 11) is 0. The van der Waals surface area contributed by atoms with Gasteiger partial charge in [0.05, 0.1) is 10.8 Å². The minimum Gasteiger partial charge on any atom is -0.480 e. The van der Waals surface area contributed by atoms with Crippen molar-refractivity contribution >= 4 is 24.1 Å². The Balaban J connectivity index is 2.44. The summed E-state index contributed by atoms with van der Waals surface area (Å²) in [6, 6.07) is 3.14. The summed E-state index contributed by atoms with van der Waals surface area (Å²) in [5.74, 6) is -3.75. The third-order valence-electron chi connectivity index (χ3n) is 8.71. The van der Waals surface area contributed by atoms with Crippen molar-refractivity contribution < 1.29 is 43.2 Å². The molecule has 2 rings (SSSR count). The minimum atomic E-state index is -1.39. The van der Waals surface area contributed by atoms with Crippen LogP contribution < -0.4 is 15.2 Å². The molecular formula is C32H49NO9. The summed E-state index contributed by atoms with van der Waals surface area (Å²) in [6.07, 6.45) is 3.93. The molecule has 236 valence electrons. The average molecular weight is 592 g/mol. The van der Waals surface area contributed by atoms with Gasteiger partial charge in [-0.25, -0.2) is 4.79 Å². The number of hydrogen-bond donors (Lipinski definition) is 2. The van der Waals surface area contributed by atoms with Crippen LogP contribution in [0, 0.1) is 16.7 Å². The predicted octanol–water partition coefficient (Wildman–Crippen LogP) is 6.38. The lowest BCUT2D eigenvalue weighted by Gasteiger charge is -2.32. The van der Waals surface area contributed by atoms with Crippen LogP contribution in [0.4, 0.5) is 4.79 Å². The molecule has 1 aromatic rings.